The van der Waals surface area contributed by atoms with Gasteiger partial charge in [-0.1, -0.05) is 0 Å². The van der Waals surface area contributed by atoms with Gasteiger partial charge >= 0.3 is 21.6 Å². The van der Waals surface area contributed by atoms with Crippen LogP contribution in [0.15, 0.2) is 11.9 Å². The van der Waals surface area contributed by atoms with Crippen LogP contribution in [0.2, 0.25) is 0 Å². The van der Waals surface area contributed by atoms with Gasteiger partial charge in [-0.3, -0.25) is 4.79 Å². The molecule has 16 heavy (non-hydrogen) atoms. The first-order valence-electron chi connectivity index (χ1n) is 3.29. The summed E-state index contributed by atoms with van der Waals surface area (Å²) in [6.45, 7) is 0. The smallest absolute Gasteiger partial charge is 0.274 e. The van der Waals surface area contributed by atoms with Gasteiger partial charge in [0.1, 0.15) is 0 Å². The average molecular weight is 271 g/mol. The van der Waals surface area contributed by atoms with Crippen molar-refractivity contribution in [1.29, 1.82) is 0 Å². The van der Waals surface area contributed by atoms with Gasteiger partial charge in [0.2, 0.25) is 5.91 Å². The van der Waals surface area contributed by atoms with Crippen molar-refractivity contribution in [2.24, 2.45) is 0 Å². The summed E-state index contributed by atoms with van der Waals surface area (Å²) in [4.78, 5) is 10.4. The third-order valence-electron chi connectivity index (χ3n) is 1.07. The molecule has 0 aromatic carbocycles. The molecule has 1 N–H and O–H groups in total. The lowest BCUT2D eigenvalue weighted by Crippen LogP contribution is -2.40. The Balaban J connectivity index is 4.68. The monoisotopic (exact) mass is 271 g/mol. The van der Waals surface area contributed by atoms with Crippen molar-refractivity contribution in [2.45, 2.75) is 11.9 Å². The second-order valence-corrected chi connectivity index (χ2v) is 3.99. The summed E-state index contributed by atoms with van der Waals surface area (Å²) in [5.74, 6) is -4.36. The van der Waals surface area contributed by atoms with Crippen molar-refractivity contribution in [3.63, 3.8) is 0 Å². The predicted molar refractivity (Wildman–Crippen MR) is 38.1 cm³/mol. The molecule has 0 unspecified atom stereocenters. The van der Waals surface area contributed by atoms with E-state index in [0.717, 1.165) is 0 Å². The number of amides is 1. The number of alkyl halides is 3. The minimum atomic E-state index is -6.00. The molecule has 0 spiro atoms. The lowest BCUT2D eigenvalue weighted by Gasteiger charge is -2.08. The van der Waals surface area contributed by atoms with E-state index in [0.29, 0.717) is 4.72 Å². The molecular weight excluding hydrogens is 268 g/mol. The molecule has 0 heterocycles. The van der Waals surface area contributed by atoms with Crippen LogP contribution in [0, 0.1) is 0 Å². The van der Waals surface area contributed by atoms with Crippen LogP contribution in [-0.4, -0.2) is 19.8 Å². The Bertz CT molecular complexity index is 406. The maximum atomic E-state index is 12.0. The molecule has 0 aliphatic heterocycles. The van der Waals surface area contributed by atoms with Crippen LogP contribution in [0.5, 0.6) is 0 Å². The quantitative estimate of drug-likeness (QED) is 0.789. The topological polar surface area (TPSA) is 63.2 Å². The second-order valence-electron chi connectivity index (χ2n) is 2.32. The zero-order valence-corrected chi connectivity index (χ0v) is 7.92. The molecule has 0 saturated carbocycles. The zero-order valence-electron chi connectivity index (χ0n) is 7.11. The number of rotatable bonds is 3. The molecule has 0 aromatic rings. The Morgan fingerprint density at radius 3 is 1.88 bits per heavy atom. The van der Waals surface area contributed by atoms with E-state index >= 15 is 0 Å². The van der Waals surface area contributed by atoms with Crippen LogP contribution in [-0.2, 0) is 14.8 Å². The fourth-order valence-electron chi connectivity index (χ4n) is 0.452. The van der Waals surface area contributed by atoms with Crippen molar-refractivity contribution >= 4 is 15.9 Å². The molecule has 0 saturated heterocycles. The van der Waals surface area contributed by atoms with E-state index in [1.165, 1.54) is 0 Å². The summed E-state index contributed by atoms with van der Waals surface area (Å²) in [5, 5.41) is 0. The van der Waals surface area contributed by atoms with Crippen molar-refractivity contribution in [3.8, 4) is 0 Å². The van der Waals surface area contributed by atoms with Gasteiger partial charge in [-0.15, -0.1) is 0 Å². The molecule has 0 bridgehead atoms. The maximum Gasteiger partial charge on any atom is 0.516 e. The van der Waals surface area contributed by atoms with E-state index in [1.807, 2.05) is 0 Å². The predicted octanol–water partition coefficient (Wildman–Crippen LogP) is 1.42. The number of halogens is 6. The van der Waals surface area contributed by atoms with Crippen LogP contribution < -0.4 is 4.72 Å². The Morgan fingerprint density at radius 1 is 1.12 bits per heavy atom. The summed E-state index contributed by atoms with van der Waals surface area (Å²) in [5.41, 5.74) is -5.78. The van der Waals surface area contributed by atoms with Gasteiger partial charge < -0.3 is 0 Å². The van der Waals surface area contributed by atoms with Gasteiger partial charge in [-0.05, 0) is 0 Å². The molecule has 1 amide bonds. The van der Waals surface area contributed by atoms with Crippen molar-refractivity contribution < 1.29 is 39.6 Å². The van der Waals surface area contributed by atoms with E-state index in [-0.39, 0.29) is 0 Å². The molecule has 0 atom stereocenters. The summed E-state index contributed by atoms with van der Waals surface area (Å²) in [6.07, 6.45) is -4.71. The summed E-state index contributed by atoms with van der Waals surface area (Å²) >= 11 is 0. The highest BCUT2D eigenvalue weighted by atomic mass is 32.2. The van der Waals surface area contributed by atoms with Gasteiger partial charge in [0.15, 0.2) is 5.83 Å². The third kappa shape index (κ3) is 4.08. The van der Waals surface area contributed by atoms with Crippen LogP contribution in [0.4, 0.5) is 26.3 Å². The Hall–Kier alpha value is -1.26. The lowest BCUT2D eigenvalue weighted by molar-refractivity contribution is -0.119. The molecule has 0 aliphatic carbocycles. The minimum absolute atomic E-state index is 0.383. The summed E-state index contributed by atoms with van der Waals surface area (Å²) < 4.78 is 90.6. The first kappa shape index (κ1) is 14.7. The fourth-order valence-corrected chi connectivity index (χ4v) is 0.939. The van der Waals surface area contributed by atoms with Crippen molar-refractivity contribution in [3.05, 3.63) is 11.9 Å². The number of hydrogen-bond donors (Lipinski definition) is 1. The highest BCUT2D eigenvalue weighted by molar-refractivity contribution is 7.90. The Labute approximate surface area is 85.0 Å². The molecule has 0 fully saturated rings. The van der Waals surface area contributed by atoms with E-state index in [2.05, 4.69) is 0 Å². The minimum Gasteiger partial charge on any atom is -0.274 e. The maximum absolute atomic E-state index is 12.0. The van der Waals surface area contributed by atoms with Crippen molar-refractivity contribution in [2.75, 3.05) is 0 Å². The molecule has 0 radical (unpaired) electrons. The molecule has 0 aliphatic rings. The SMILES string of the molecule is O=C(CC(F)=C(F)F)NS(=O)(=O)C(F)(F)F. The highest BCUT2D eigenvalue weighted by Gasteiger charge is 2.47. The first-order chi connectivity index (χ1) is 6.97. The molecule has 0 aromatic heterocycles. The van der Waals surface area contributed by atoms with Crippen molar-refractivity contribution in [1.82, 2.24) is 4.72 Å². The number of carbonyl (C=O) groups excluding carboxylic acids is 1. The first-order valence-corrected chi connectivity index (χ1v) is 4.77. The van der Waals surface area contributed by atoms with Gasteiger partial charge in [0, 0.05) is 0 Å². The lowest BCUT2D eigenvalue weighted by atomic mass is 10.4. The van der Waals surface area contributed by atoms with Gasteiger partial charge in [-0.25, -0.2) is 9.11 Å². The molecule has 0 rings (SSSR count). The zero-order chi connectivity index (χ0) is 13.1. The highest BCUT2D eigenvalue weighted by Crippen LogP contribution is 2.22. The average Bonchev–Trinajstić information content (AvgIpc) is 1.99. The Morgan fingerprint density at radius 2 is 1.56 bits per heavy atom. The number of hydrogen-bond acceptors (Lipinski definition) is 3. The normalized spacial score (nSPS) is 12.1. The molecule has 11 heteroatoms. The van der Waals surface area contributed by atoms with E-state index in [1.54, 1.807) is 0 Å². The number of carbonyl (C=O) groups is 1. The van der Waals surface area contributed by atoms with Crippen LogP contribution >= 0.6 is 0 Å². The van der Waals surface area contributed by atoms with E-state index in [4.69, 9.17) is 0 Å². The summed E-state index contributed by atoms with van der Waals surface area (Å²) in [7, 11) is -6.00. The van der Waals surface area contributed by atoms with Crippen LogP contribution in [0.3, 0.4) is 0 Å². The number of sulfonamides is 1. The largest absolute Gasteiger partial charge is 0.516 e. The van der Waals surface area contributed by atoms with E-state index in [9.17, 15) is 39.6 Å². The Kier molecular flexibility index (Phi) is 4.35. The van der Waals surface area contributed by atoms with Crippen LogP contribution in [0.25, 0.3) is 0 Å². The molecule has 94 valence electrons. The molecular formula is C5H3F6NO3S. The van der Waals surface area contributed by atoms with Gasteiger partial charge in [0.25, 0.3) is 0 Å². The fraction of sp³-hybridized carbons (Fsp3) is 0.400. The van der Waals surface area contributed by atoms with Crippen LogP contribution in [0.1, 0.15) is 6.42 Å². The number of nitrogens with one attached hydrogen (secondary N) is 1. The van der Waals surface area contributed by atoms with Gasteiger partial charge in [-0.2, -0.15) is 30.4 Å². The standard InChI is InChI=1S/C5H3F6NO3S/c6-2(4(7)8)1-3(13)12-16(14,15)5(9,10)11/h1H2,(H,12,13). The summed E-state index contributed by atoms with van der Waals surface area (Å²) in [6, 6.07) is 0. The van der Waals surface area contributed by atoms with Gasteiger partial charge in [0.05, 0.1) is 6.42 Å². The second kappa shape index (κ2) is 4.72. The third-order valence-corrected chi connectivity index (χ3v) is 2.18. The molecule has 4 nitrogen and oxygen atoms in total. The van der Waals surface area contributed by atoms with E-state index < -0.39 is 39.8 Å².